The number of hydrogen-bond donors (Lipinski definition) is 1. The second kappa shape index (κ2) is 10.7. The summed E-state index contributed by atoms with van der Waals surface area (Å²) in [5.41, 5.74) is 4.35. The molecule has 8 heteroatoms. The lowest BCUT2D eigenvalue weighted by Crippen LogP contribution is -2.38. The van der Waals surface area contributed by atoms with Crippen LogP contribution in [0.3, 0.4) is 0 Å². The molecule has 3 aromatic rings. The lowest BCUT2D eigenvalue weighted by Gasteiger charge is -2.26. The number of sulfonamides is 1. The molecule has 0 bridgehead atoms. The van der Waals surface area contributed by atoms with Gasteiger partial charge >= 0.3 is 5.97 Å². The van der Waals surface area contributed by atoms with E-state index in [-0.39, 0.29) is 11.5 Å². The number of esters is 1. The zero-order valence-electron chi connectivity index (χ0n) is 20.6. The molecule has 184 valence electrons. The molecule has 0 atom stereocenters. The van der Waals surface area contributed by atoms with Gasteiger partial charge in [0.05, 0.1) is 22.8 Å². The number of ether oxygens (including phenoxy) is 1. The molecule has 1 amide bonds. The fourth-order valence-corrected chi connectivity index (χ4v) is 5.23. The number of anilines is 2. The molecule has 0 aliphatic rings. The Balaban J connectivity index is 1.97. The van der Waals surface area contributed by atoms with Gasteiger partial charge < -0.3 is 10.1 Å². The van der Waals surface area contributed by atoms with Gasteiger partial charge in [-0.15, -0.1) is 0 Å². The molecule has 0 saturated heterocycles. The van der Waals surface area contributed by atoms with Crippen LogP contribution in [0.1, 0.15) is 39.5 Å². The van der Waals surface area contributed by atoms with Crippen LogP contribution in [0.4, 0.5) is 11.4 Å². The fourth-order valence-electron chi connectivity index (χ4n) is 3.74. The summed E-state index contributed by atoms with van der Waals surface area (Å²) in [6.45, 7) is 8.81. The molecule has 3 rings (SSSR count). The Morgan fingerprint density at radius 1 is 0.914 bits per heavy atom. The summed E-state index contributed by atoms with van der Waals surface area (Å²) in [7, 11) is -4.03. The standard InChI is InChI=1S/C27H30N2O5S/c1-6-34-27(31)23-8-7-9-24(21(23)5)28-26(30)17-29(25-15-12-19(3)16-20(25)4)35(32,33)22-13-10-18(2)11-14-22/h7-16H,6,17H2,1-5H3,(H,28,30). The average Bonchev–Trinajstić information content (AvgIpc) is 2.79. The number of rotatable bonds is 8. The van der Waals surface area contributed by atoms with Crippen LogP contribution >= 0.6 is 0 Å². The van der Waals surface area contributed by atoms with Gasteiger partial charge in [-0.1, -0.05) is 41.5 Å². The molecule has 35 heavy (non-hydrogen) atoms. The van der Waals surface area contributed by atoms with Crippen molar-refractivity contribution in [2.75, 3.05) is 22.8 Å². The number of carbonyl (C=O) groups is 2. The lowest BCUT2D eigenvalue weighted by atomic mass is 10.1. The van der Waals surface area contributed by atoms with Crippen molar-refractivity contribution in [1.29, 1.82) is 0 Å². The topological polar surface area (TPSA) is 92.8 Å². The highest BCUT2D eigenvalue weighted by molar-refractivity contribution is 7.92. The van der Waals surface area contributed by atoms with E-state index < -0.39 is 28.4 Å². The van der Waals surface area contributed by atoms with Crippen molar-refractivity contribution in [3.8, 4) is 0 Å². The molecular formula is C27H30N2O5S. The van der Waals surface area contributed by atoms with Gasteiger partial charge in [0, 0.05) is 5.69 Å². The first-order chi connectivity index (χ1) is 16.5. The summed E-state index contributed by atoms with van der Waals surface area (Å²) < 4.78 is 33.5. The first kappa shape index (κ1) is 26.0. The van der Waals surface area contributed by atoms with Crippen LogP contribution in [0.5, 0.6) is 0 Å². The molecule has 0 saturated carbocycles. The molecule has 0 aromatic heterocycles. The highest BCUT2D eigenvalue weighted by atomic mass is 32.2. The number of nitrogens with zero attached hydrogens (tertiary/aromatic N) is 1. The van der Waals surface area contributed by atoms with Gasteiger partial charge in [0.15, 0.2) is 0 Å². The zero-order chi connectivity index (χ0) is 25.8. The molecule has 0 spiro atoms. The van der Waals surface area contributed by atoms with Crippen molar-refractivity contribution >= 4 is 33.3 Å². The quantitative estimate of drug-likeness (QED) is 0.448. The molecule has 0 aliphatic carbocycles. The minimum Gasteiger partial charge on any atom is -0.462 e. The Labute approximate surface area is 206 Å². The molecule has 1 N–H and O–H groups in total. The van der Waals surface area contributed by atoms with E-state index in [2.05, 4.69) is 5.32 Å². The molecule has 0 fully saturated rings. The number of carbonyl (C=O) groups excluding carboxylic acids is 2. The monoisotopic (exact) mass is 494 g/mol. The maximum Gasteiger partial charge on any atom is 0.338 e. The molecule has 0 heterocycles. The first-order valence-electron chi connectivity index (χ1n) is 11.3. The van der Waals surface area contributed by atoms with Gasteiger partial charge in [-0.25, -0.2) is 13.2 Å². The van der Waals surface area contributed by atoms with Gasteiger partial charge in [-0.3, -0.25) is 9.10 Å². The number of nitrogens with one attached hydrogen (secondary N) is 1. The highest BCUT2D eigenvalue weighted by Gasteiger charge is 2.28. The van der Waals surface area contributed by atoms with Gasteiger partial charge in [0.25, 0.3) is 10.0 Å². The largest absolute Gasteiger partial charge is 0.462 e. The van der Waals surface area contributed by atoms with Crippen molar-refractivity contribution in [3.05, 3.63) is 88.5 Å². The second-order valence-corrected chi connectivity index (χ2v) is 10.2. The third-order valence-corrected chi connectivity index (χ3v) is 7.39. The van der Waals surface area contributed by atoms with Gasteiger partial charge in [0.2, 0.25) is 5.91 Å². The summed E-state index contributed by atoms with van der Waals surface area (Å²) in [6.07, 6.45) is 0. The zero-order valence-corrected chi connectivity index (χ0v) is 21.4. The van der Waals surface area contributed by atoms with E-state index >= 15 is 0 Å². The van der Waals surface area contributed by atoms with Crippen LogP contribution < -0.4 is 9.62 Å². The summed E-state index contributed by atoms with van der Waals surface area (Å²) in [6, 6.07) is 16.8. The Bertz CT molecular complexity index is 1350. The van der Waals surface area contributed by atoms with E-state index in [9.17, 15) is 18.0 Å². The maximum absolute atomic E-state index is 13.6. The van der Waals surface area contributed by atoms with E-state index in [1.807, 2.05) is 32.9 Å². The summed E-state index contributed by atoms with van der Waals surface area (Å²) >= 11 is 0. The van der Waals surface area contributed by atoms with E-state index in [1.165, 1.54) is 12.1 Å². The molecule has 0 unspecified atom stereocenters. The van der Waals surface area contributed by atoms with Gasteiger partial charge in [-0.2, -0.15) is 0 Å². The van der Waals surface area contributed by atoms with Crippen LogP contribution in [0.15, 0.2) is 65.6 Å². The van der Waals surface area contributed by atoms with Crippen molar-refractivity contribution in [1.82, 2.24) is 0 Å². The molecule has 3 aromatic carbocycles. The van der Waals surface area contributed by atoms with Crippen LogP contribution in [0.25, 0.3) is 0 Å². The first-order valence-corrected chi connectivity index (χ1v) is 12.7. The van der Waals surface area contributed by atoms with E-state index in [0.717, 1.165) is 21.0 Å². The summed E-state index contributed by atoms with van der Waals surface area (Å²) in [4.78, 5) is 25.4. The molecular weight excluding hydrogens is 464 g/mol. The van der Waals surface area contributed by atoms with Crippen molar-refractivity contribution in [2.24, 2.45) is 0 Å². The smallest absolute Gasteiger partial charge is 0.338 e. The summed E-state index contributed by atoms with van der Waals surface area (Å²) in [5, 5.41) is 2.76. The number of benzene rings is 3. The van der Waals surface area contributed by atoms with Crippen molar-refractivity contribution in [2.45, 2.75) is 39.5 Å². The summed E-state index contributed by atoms with van der Waals surface area (Å²) in [5.74, 6) is -1.02. The van der Waals surface area contributed by atoms with Crippen LogP contribution in [0.2, 0.25) is 0 Å². The van der Waals surface area contributed by atoms with E-state index in [1.54, 1.807) is 50.2 Å². The van der Waals surface area contributed by atoms with E-state index in [4.69, 9.17) is 4.74 Å². The Morgan fingerprint density at radius 3 is 2.20 bits per heavy atom. The van der Waals surface area contributed by atoms with Crippen LogP contribution in [-0.2, 0) is 19.6 Å². The minimum atomic E-state index is -4.03. The van der Waals surface area contributed by atoms with Crippen molar-refractivity contribution in [3.63, 3.8) is 0 Å². The normalized spacial score (nSPS) is 11.1. The van der Waals surface area contributed by atoms with Crippen LogP contribution in [-0.4, -0.2) is 33.4 Å². The third kappa shape index (κ3) is 5.89. The van der Waals surface area contributed by atoms with Crippen LogP contribution in [0, 0.1) is 27.7 Å². The Kier molecular flexibility index (Phi) is 7.96. The van der Waals surface area contributed by atoms with Crippen molar-refractivity contribution < 1.29 is 22.7 Å². The predicted octanol–water partition coefficient (Wildman–Crippen LogP) is 4.93. The van der Waals surface area contributed by atoms with Gasteiger partial charge in [-0.05, 0) is 76.1 Å². The molecule has 0 radical (unpaired) electrons. The number of amides is 1. The molecule has 7 nitrogen and oxygen atoms in total. The SMILES string of the molecule is CCOC(=O)c1cccc(NC(=O)CN(c2ccc(C)cc2C)S(=O)(=O)c2ccc(C)cc2)c1C. The third-order valence-electron chi connectivity index (χ3n) is 5.62. The second-order valence-electron chi connectivity index (χ2n) is 8.36. The average molecular weight is 495 g/mol. The Morgan fingerprint density at radius 2 is 1.57 bits per heavy atom. The van der Waals surface area contributed by atoms with E-state index in [0.29, 0.717) is 22.5 Å². The number of hydrogen-bond acceptors (Lipinski definition) is 5. The predicted molar refractivity (Wildman–Crippen MR) is 137 cm³/mol. The fraction of sp³-hybridized carbons (Fsp3) is 0.259. The number of aryl methyl sites for hydroxylation is 3. The highest BCUT2D eigenvalue weighted by Crippen LogP contribution is 2.28. The molecule has 0 aliphatic heterocycles. The minimum absolute atomic E-state index is 0.0939. The lowest BCUT2D eigenvalue weighted by molar-refractivity contribution is -0.114. The Hall–Kier alpha value is -3.65. The maximum atomic E-state index is 13.6. The van der Waals surface area contributed by atoms with Gasteiger partial charge in [0.1, 0.15) is 6.54 Å².